The zero-order chi connectivity index (χ0) is 16.9. The summed E-state index contributed by atoms with van der Waals surface area (Å²) < 4.78 is 10.8. The summed E-state index contributed by atoms with van der Waals surface area (Å²) in [6.07, 6.45) is -0.684. The lowest BCUT2D eigenvalue weighted by Crippen LogP contribution is -2.29. The first-order chi connectivity index (χ1) is 11.7. The molecule has 0 amide bonds. The highest BCUT2D eigenvalue weighted by Crippen LogP contribution is 2.24. The van der Waals surface area contributed by atoms with Crippen LogP contribution < -0.4 is 9.47 Å². The van der Waals surface area contributed by atoms with Crippen LogP contribution in [0.3, 0.4) is 0 Å². The Morgan fingerprint density at radius 2 is 1.71 bits per heavy atom. The lowest BCUT2D eigenvalue weighted by Gasteiger charge is -2.17. The zero-order valence-corrected chi connectivity index (χ0v) is 13.3. The normalized spacial score (nSPS) is 11.9. The van der Waals surface area contributed by atoms with E-state index in [9.17, 15) is 9.90 Å². The molecule has 122 valence electrons. The molecule has 1 atom stereocenters. The number of benzene rings is 3. The van der Waals surface area contributed by atoms with Crippen LogP contribution in [-0.4, -0.2) is 24.3 Å². The van der Waals surface area contributed by atoms with Crippen LogP contribution in [0.15, 0.2) is 66.7 Å². The molecule has 4 nitrogen and oxygen atoms in total. The van der Waals surface area contributed by atoms with Gasteiger partial charge in [-0.2, -0.15) is 0 Å². The molecule has 3 aromatic carbocycles. The second-order valence-electron chi connectivity index (χ2n) is 5.47. The first-order valence-corrected chi connectivity index (χ1v) is 7.67. The molecule has 0 spiro atoms. The zero-order valence-electron chi connectivity index (χ0n) is 13.3. The summed E-state index contributed by atoms with van der Waals surface area (Å²) in [6.45, 7) is 0. The monoisotopic (exact) mass is 322 g/mol. The fraction of sp³-hybridized carbons (Fsp3) is 0.150. The van der Waals surface area contributed by atoms with E-state index in [2.05, 4.69) is 0 Å². The average Bonchev–Trinajstić information content (AvgIpc) is 2.61. The van der Waals surface area contributed by atoms with Gasteiger partial charge in [0.2, 0.25) is 0 Å². The van der Waals surface area contributed by atoms with E-state index in [0.29, 0.717) is 11.5 Å². The fourth-order valence-electron chi connectivity index (χ4n) is 2.69. The summed E-state index contributed by atoms with van der Waals surface area (Å²) in [5.74, 6) is 0.106. The summed E-state index contributed by atoms with van der Waals surface area (Å²) in [4.78, 5) is 11.6. The highest BCUT2D eigenvalue weighted by molar-refractivity contribution is 5.86. The third-order valence-electron chi connectivity index (χ3n) is 3.88. The predicted molar refractivity (Wildman–Crippen MR) is 92.7 cm³/mol. The maximum atomic E-state index is 11.6. The number of aliphatic carboxylic acids is 1. The number of ether oxygens (including phenoxy) is 2. The van der Waals surface area contributed by atoms with Gasteiger partial charge in [0.05, 0.1) is 7.11 Å². The minimum atomic E-state index is -0.995. The van der Waals surface area contributed by atoms with Crippen molar-refractivity contribution in [2.75, 3.05) is 7.11 Å². The van der Waals surface area contributed by atoms with Gasteiger partial charge in [0, 0.05) is 12.5 Å². The highest BCUT2D eigenvalue weighted by Gasteiger charge is 2.21. The molecule has 0 fully saturated rings. The summed E-state index contributed by atoms with van der Waals surface area (Å²) in [5.41, 5.74) is 0.948. The molecule has 0 aliphatic heterocycles. The highest BCUT2D eigenvalue weighted by atomic mass is 16.5. The second kappa shape index (κ2) is 7.04. The van der Waals surface area contributed by atoms with E-state index in [4.69, 9.17) is 9.47 Å². The van der Waals surface area contributed by atoms with Gasteiger partial charge < -0.3 is 14.6 Å². The van der Waals surface area contributed by atoms with Crippen molar-refractivity contribution < 1.29 is 19.4 Å². The number of carboxylic acid groups (broad SMARTS) is 1. The lowest BCUT2D eigenvalue weighted by atomic mass is 10.00. The summed E-state index contributed by atoms with van der Waals surface area (Å²) in [6, 6.07) is 20.8. The van der Waals surface area contributed by atoms with Crippen molar-refractivity contribution >= 4 is 16.7 Å². The maximum Gasteiger partial charge on any atom is 0.345 e. The van der Waals surface area contributed by atoms with Crippen molar-refractivity contribution in [1.82, 2.24) is 0 Å². The minimum Gasteiger partial charge on any atom is -0.497 e. The first-order valence-electron chi connectivity index (χ1n) is 7.67. The molecule has 0 saturated carbocycles. The average molecular weight is 322 g/mol. The van der Waals surface area contributed by atoms with Crippen molar-refractivity contribution in [2.45, 2.75) is 12.5 Å². The SMILES string of the molecule is COc1cccc(O[C@@H](Cc2cccc3ccccc23)C(=O)O)c1. The smallest absolute Gasteiger partial charge is 0.345 e. The van der Waals surface area contributed by atoms with E-state index in [0.717, 1.165) is 16.3 Å². The first kappa shape index (κ1) is 15.9. The molecular weight excluding hydrogens is 304 g/mol. The molecule has 0 heterocycles. The molecule has 0 aliphatic carbocycles. The van der Waals surface area contributed by atoms with Gasteiger partial charge in [0.25, 0.3) is 0 Å². The van der Waals surface area contributed by atoms with Crippen LogP contribution in [0.2, 0.25) is 0 Å². The molecule has 0 bridgehead atoms. The number of methoxy groups -OCH3 is 1. The van der Waals surface area contributed by atoms with Crippen molar-refractivity contribution in [3.8, 4) is 11.5 Å². The Balaban J connectivity index is 1.87. The molecule has 0 saturated heterocycles. The summed E-state index contributed by atoms with van der Waals surface area (Å²) >= 11 is 0. The van der Waals surface area contributed by atoms with Gasteiger partial charge in [-0.05, 0) is 28.5 Å². The van der Waals surface area contributed by atoms with E-state index in [1.165, 1.54) is 0 Å². The van der Waals surface area contributed by atoms with E-state index >= 15 is 0 Å². The predicted octanol–water partition coefficient (Wildman–Crippen LogP) is 3.92. The molecule has 0 radical (unpaired) electrons. The van der Waals surface area contributed by atoms with Gasteiger partial charge in [-0.25, -0.2) is 4.79 Å². The molecule has 24 heavy (non-hydrogen) atoms. The second-order valence-corrected chi connectivity index (χ2v) is 5.47. The molecule has 0 aliphatic rings. The number of carboxylic acids is 1. The Morgan fingerprint density at radius 3 is 2.50 bits per heavy atom. The summed E-state index contributed by atoms with van der Waals surface area (Å²) in [7, 11) is 1.56. The van der Waals surface area contributed by atoms with Gasteiger partial charge in [0.15, 0.2) is 6.10 Å². The number of rotatable bonds is 6. The molecule has 3 rings (SSSR count). The Hall–Kier alpha value is -3.01. The molecule has 0 unspecified atom stereocenters. The van der Waals surface area contributed by atoms with Crippen LogP contribution in [0.5, 0.6) is 11.5 Å². The Bertz CT molecular complexity index is 852. The number of fused-ring (bicyclic) bond motifs is 1. The van der Waals surface area contributed by atoms with Crippen LogP contribution in [0, 0.1) is 0 Å². The van der Waals surface area contributed by atoms with Crippen LogP contribution in [-0.2, 0) is 11.2 Å². The van der Waals surface area contributed by atoms with Crippen molar-refractivity contribution in [1.29, 1.82) is 0 Å². The molecule has 3 aromatic rings. The molecule has 4 heteroatoms. The number of hydrogen-bond donors (Lipinski definition) is 1. The van der Waals surface area contributed by atoms with Crippen LogP contribution >= 0.6 is 0 Å². The van der Waals surface area contributed by atoms with Gasteiger partial charge in [-0.1, -0.05) is 48.5 Å². The van der Waals surface area contributed by atoms with E-state index in [1.54, 1.807) is 31.4 Å². The number of hydrogen-bond acceptors (Lipinski definition) is 3. The topological polar surface area (TPSA) is 55.8 Å². The van der Waals surface area contributed by atoms with Crippen LogP contribution in [0.4, 0.5) is 0 Å². The largest absolute Gasteiger partial charge is 0.497 e. The fourth-order valence-corrected chi connectivity index (χ4v) is 2.69. The van der Waals surface area contributed by atoms with Crippen molar-refractivity contribution in [3.63, 3.8) is 0 Å². The third-order valence-corrected chi connectivity index (χ3v) is 3.88. The van der Waals surface area contributed by atoms with Crippen LogP contribution in [0.1, 0.15) is 5.56 Å². The quantitative estimate of drug-likeness (QED) is 0.747. The van der Waals surface area contributed by atoms with Gasteiger partial charge in [-0.15, -0.1) is 0 Å². The maximum absolute atomic E-state index is 11.6. The van der Waals surface area contributed by atoms with Gasteiger partial charge in [-0.3, -0.25) is 0 Å². The third kappa shape index (κ3) is 3.49. The Kier molecular flexibility index (Phi) is 4.66. The minimum absolute atomic E-state index is 0.286. The van der Waals surface area contributed by atoms with Crippen molar-refractivity contribution in [3.05, 3.63) is 72.3 Å². The number of carbonyl (C=O) groups is 1. The molecule has 1 N–H and O–H groups in total. The van der Waals surface area contributed by atoms with Crippen LogP contribution in [0.25, 0.3) is 10.8 Å². The summed E-state index contributed by atoms with van der Waals surface area (Å²) in [5, 5.41) is 11.7. The molecule has 0 aromatic heterocycles. The van der Waals surface area contributed by atoms with Crippen molar-refractivity contribution in [2.24, 2.45) is 0 Å². The van der Waals surface area contributed by atoms with E-state index < -0.39 is 12.1 Å². The molecular formula is C20H18O4. The standard InChI is InChI=1S/C20H18O4/c1-23-16-9-5-10-17(13-16)24-19(20(21)22)12-15-8-4-7-14-6-2-3-11-18(14)15/h2-11,13,19H,12H2,1H3,(H,21,22)/t19-/m0/s1. The lowest BCUT2D eigenvalue weighted by molar-refractivity contribution is -0.145. The van der Waals surface area contributed by atoms with Gasteiger partial charge in [0.1, 0.15) is 11.5 Å². The van der Waals surface area contributed by atoms with Gasteiger partial charge >= 0.3 is 5.97 Å². The van der Waals surface area contributed by atoms with E-state index in [-0.39, 0.29) is 6.42 Å². The van der Waals surface area contributed by atoms with E-state index in [1.807, 2.05) is 42.5 Å². The Morgan fingerprint density at radius 1 is 1.00 bits per heavy atom. The Labute approximate surface area is 140 Å².